The lowest BCUT2D eigenvalue weighted by atomic mass is 10.1. The van der Waals surface area contributed by atoms with Crippen molar-refractivity contribution in [2.45, 2.75) is 65.4 Å². The van der Waals surface area contributed by atoms with Gasteiger partial charge in [0.05, 0.1) is 6.61 Å². The molecule has 3 nitrogen and oxygen atoms in total. The second kappa shape index (κ2) is 10.3. The summed E-state index contributed by atoms with van der Waals surface area (Å²) >= 11 is 0. The largest absolute Gasteiger partial charge is 0.479 e. The fraction of sp³-hybridized carbons (Fsp3) is 0.611. The fourth-order valence-corrected chi connectivity index (χ4v) is 2.04. The maximum absolute atomic E-state index is 11.8. The van der Waals surface area contributed by atoms with E-state index >= 15 is 0 Å². The first kappa shape index (κ1) is 17.5. The molecular formula is C18H28O3. The van der Waals surface area contributed by atoms with Gasteiger partial charge in [0.1, 0.15) is 5.75 Å². The average Bonchev–Trinajstić information content (AvgIpc) is 2.48. The Bertz CT molecular complexity index is 397. The average molecular weight is 292 g/mol. The fourth-order valence-electron chi connectivity index (χ4n) is 2.04. The first-order chi connectivity index (χ1) is 10.1. The summed E-state index contributed by atoms with van der Waals surface area (Å²) in [5.74, 6) is 0.411. The molecule has 0 saturated carbocycles. The Kier molecular flexibility index (Phi) is 8.56. The SMILES string of the molecule is CCCCCCCCOC(=O)C(C)Oc1ccc(C)cc1. The van der Waals surface area contributed by atoms with Gasteiger partial charge in [-0.25, -0.2) is 4.79 Å². The topological polar surface area (TPSA) is 35.5 Å². The van der Waals surface area contributed by atoms with Crippen molar-refractivity contribution in [3.8, 4) is 5.75 Å². The van der Waals surface area contributed by atoms with Crippen LogP contribution >= 0.6 is 0 Å². The van der Waals surface area contributed by atoms with E-state index in [2.05, 4.69) is 6.92 Å². The molecule has 0 fully saturated rings. The van der Waals surface area contributed by atoms with Crippen LogP contribution in [0, 0.1) is 6.92 Å². The van der Waals surface area contributed by atoms with Crippen LogP contribution in [0.1, 0.15) is 57.9 Å². The zero-order valence-corrected chi connectivity index (χ0v) is 13.6. The van der Waals surface area contributed by atoms with Crippen molar-refractivity contribution >= 4 is 5.97 Å². The Morgan fingerprint density at radius 2 is 1.67 bits per heavy atom. The van der Waals surface area contributed by atoms with Gasteiger partial charge in [-0.2, -0.15) is 0 Å². The Labute approximate surface area is 128 Å². The number of rotatable bonds is 10. The quantitative estimate of drug-likeness (QED) is 0.464. The van der Waals surface area contributed by atoms with Gasteiger partial charge >= 0.3 is 5.97 Å². The highest BCUT2D eigenvalue weighted by Crippen LogP contribution is 2.14. The van der Waals surface area contributed by atoms with Crippen LogP contribution < -0.4 is 4.74 Å². The molecule has 0 radical (unpaired) electrons. The van der Waals surface area contributed by atoms with E-state index in [1.807, 2.05) is 31.2 Å². The Hall–Kier alpha value is -1.51. The summed E-state index contributed by atoms with van der Waals surface area (Å²) in [6.07, 6.45) is 6.54. The summed E-state index contributed by atoms with van der Waals surface area (Å²) in [6.45, 7) is 6.44. The summed E-state index contributed by atoms with van der Waals surface area (Å²) < 4.78 is 10.8. The molecule has 1 aromatic rings. The highest BCUT2D eigenvalue weighted by molar-refractivity contribution is 5.74. The highest BCUT2D eigenvalue weighted by atomic mass is 16.6. The first-order valence-electron chi connectivity index (χ1n) is 8.03. The molecule has 118 valence electrons. The molecule has 0 saturated heterocycles. The van der Waals surface area contributed by atoms with Crippen molar-refractivity contribution in [3.63, 3.8) is 0 Å². The maximum Gasteiger partial charge on any atom is 0.347 e. The molecule has 0 bridgehead atoms. The molecule has 0 aliphatic rings. The third-order valence-corrected chi connectivity index (χ3v) is 3.41. The summed E-state index contributed by atoms with van der Waals surface area (Å²) in [4.78, 5) is 11.8. The van der Waals surface area contributed by atoms with Gasteiger partial charge in [-0.15, -0.1) is 0 Å². The summed E-state index contributed by atoms with van der Waals surface area (Å²) in [6, 6.07) is 7.66. The highest BCUT2D eigenvalue weighted by Gasteiger charge is 2.15. The minimum Gasteiger partial charge on any atom is -0.479 e. The Morgan fingerprint density at radius 3 is 2.33 bits per heavy atom. The second-order valence-electron chi connectivity index (χ2n) is 5.51. The summed E-state index contributed by atoms with van der Waals surface area (Å²) in [5.41, 5.74) is 1.17. The molecule has 1 unspecified atom stereocenters. The minimum absolute atomic E-state index is 0.288. The maximum atomic E-state index is 11.8. The normalized spacial score (nSPS) is 12.0. The van der Waals surface area contributed by atoms with Crippen LogP contribution in [0.3, 0.4) is 0 Å². The molecule has 1 atom stereocenters. The zero-order valence-electron chi connectivity index (χ0n) is 13.6. The van der Waals surface area contributed by atoms with Gasteiger partial charge in [0.2, 0.25) is 0 Å². The van der Waals surface area contributed by atoms with Gasteiger partial charge in [0.25, 0.3) is 0 Å². The van der Waals surface area contributed by atoms with E-state index in [0.717, 1.165) is 12.8 Å². The predicted octanol–water partition coefficient (Wildman–Crippen LogP) is 4.67. The lowest BCUT2D eigenvalue weighted by molar-refractivity contribution is -0.151. The van der Waals surface area contributed by atoms with Crippen LogP contribution in [0.4, 0.5) is 0 Å². The number of esters is 1. The number of hydrogen-bond donors (Lipinski definition) is 0. The number of ether oxygens (including phenoxy) is 2. The lowest BCUT2D eigenvalue weighted by Crippen LogP contribution is -2.26. The third kappa shape index (κ3) is 7.74. The molecule has 21 heavy (non-hydrogen) atoms. The van der Waals surface area contributed by atoms with Crippen LogP contribution in [0.2, 0.25) is 0 Å². The van der Waals surface area contributed by atoms with Crippen molar-refractivity contribution in [3.05, 3.63) is 29.8 Å². The lowest BCUT2D eigenvalue weighted by Gasteiger charge is -2.14. The number of carbonyl (C=O) groups is 1. The molecule has 3 heteroatoms. The number of hydrogen-bond acceptors (Lipinski definition) is 3. The molecule has 0 aliphatic carbocycles. The molecular weight excluding hydrogens is 264 g/mol. The van der Waals surface area contributed by atoms with Gasteiger partial charge in [0, 0.05) is 0 Å². The first-order valence-corrected chi connectivity index (χ1v) is 8.03. The van der Waals surface area contributed by atoms with Gasteiger partial charge < -0.3 is 9.47 Å². The van der Waals surface area contributed by atoms with E-state index in [1.165, 1.54) is 31.2 Å². The number of benzene rings is 1. The van der Waals surface area contributed by atoms with Gasteiger partial charge in [-0.1, -0.05) is 56.7 Å². The Balaban J connectivity index is 2.15. The predicted molar refractivity (Wildman–Crippen MR) is 85.6 cm³/mol. The van der Waals surface area contributed by atoms with Gasteiger partial charge in [-0.3, -0.25) is 0 Å². The van der Waals surface area contributed by atoms with Crippen LogP contribution in [0.25, 0.3) is 0 Å². The number of unbranched alkanes of at least 4 members (excludes halogenated alkanes) is 5. The second-order valence-corrected chi connectivity index (χ2v) is 5.51. The monoisotopic (exact) mass is 292 g/mol. The van der Waals surface area contributed by atoms with Crippen LogP contribution in [0.15, 0.2) is 24.3 Å². The van der Waals surface area contributed by atoms with E-state index in [0.29, 0.717) is 12.4 Å². The molecule has 0 N–H and O–H groups in total. The van der Waals surface area contributed by atoms with Gasteiger partial charge in [0.15, 0.2) is 6.10 Å². The van der Waals surface area contributed by atoms with E-state index < -0.39 is 6.10 Å². The van der Waals surface area contributed by atoms with E-state index in [9.17, 15) is 4.79 Å². The molecule has 0 spiro atoms. The molecule has 0 aliphatic heterocycles. The van der Waals surface area contributed by atoms with Crippen LogP contribution in [0.5, 0.6) is 5.75 Å². The van der Waals surface area contributed by atoms with Crippen molar-refractivity contribution in [2.24, 2.45) is 0 Å². The van der Waals surface area contributed by atoms with Crippen LogP contribution in [-0.2, 0) is 9.53 Å². The molecule has 0 aromatic heterocycles. The van der Waals surface area contributed by atoms with Crippen molar-refractivity contribution in [1.82, 2.24) is 0 Å². The zero-order chi connectivity index (χ0) is 15.5. The molecule has 1 rings (SSSR count). The summed E-state index contributed by atoms with van der Waals surface area (Å²) in [7, 11) is 0. The van der Waals surface area contributed by atoms with E-state index in [1.54, 1.807) is 6.92 Å². The smallest absolute Gasteiger partial charge is 0.347 e. The summed E-state index contributed by atoms with van der Waals surface area (Å²) in [5, 5.41) is 0. The minimum atomic E-state index is -0.562. The van der Waals surface area contributed by atoms with Crippen molar-refractivity contribution < 1.29 is 14.3 Å². The molecule has 1 aromatic carbocycles. The Morgan fingerprint density at radius 1 is 1.05 bits per heavy atom. The van der Waals surface area contributed by atoms with E-state index in [4.69, 9.17) is 9.47 Å². The third-order valence-electron chi connectivity index (χ3n) is 3.41. The number of aryl methyl sites for hydroxylation is 1. The van der Waals surface area contributed by atoms with Gasteiger partial charge in [-0.05, 0) is 32.4 Å². The number of carbonyl (C=O) groups excluding carboxylic acids is 1. The van der Waals surface area contributed by atoms with Crippen molar-refractivity contribution in [2.75, 3.05) is 6.61 Å². The van der Waals surface area contributed by atoms with Crippen molar-refractivity contribution in [1.29, 1.82) is 0 Å². The standard InChI is InChI=1S/C18H28O3/c1-4-5-6-7-8-9-14-20-18(19)16(3)21-17-12-10-15(2)11-13-17/h10-13,16H,4-9,14H2,1-3H3. The van der Waals surface area contributed by atoms with E-state index in [-0.39, 0.29) is 5.97 Å². The molecule has 0 amide bonds. The molecule has 0 heterocycles. The van der Waals surface area contributed by atoms with Crippen LogP contribution in [-0.4, -0.2) is 18.7 Å².